The maximum absolute atomic E-state index is 12.6. The van der Waals surface area contributed by atoms with Gasteiger partial charge in [-0.05, 0) is 52.3 Å². The lowest BCUT2D eigenvalue weighted by Gasteiger charge is -2.12. The van der Waals surface area contributed by atoms with Crippen molar-refractivity contribution in [3.63, 3.8) is 0 Å². The van der Waals surface area contributed by atoms with Gasteiger partial charge in [-0.3, -0.25) is 9.48 Å². The maximum Gasteiger partial charge on any atom is 0.269 e. The van der Waals surface area contributed by atoms with Gasteiger partial charge in [0.2, 0.25) is 0 Å². The first-order valence-electron chi connectivity index (χ1n) is 8.32. The van der Waals surface area contributed by atoms with Gasteiger partial charge in [0, 0.05) is 23.7 Å². The van der Waals surface area contributed by atoms with Crippen LogP contribution in [-0.4, -0.2) is 33.4 Å². The molecule has 0 spiro atoms. The van der Waals surface area contributed by atoms with Gasteiger partial charge in [-0.1, -0.05) is 6.07 Å². The van der Waals surface area contributed by atoms with Crippen molar-refractivity contribution >= 4 is 5.91 Å². The molecule has 1 aromatic carbocycles. The maximum atomic E-state index is 12.6. The number of nitrogens with one attached hydrogen (secondary N) is 1. The number of aliphatic hydroxyl groups is 1. The van der Waals surface area contributed by atoms with Gasteiger partial charge in [-0.15, -0.1) is 0 Å². The Morgan fingerprint density at radius 3 is 2.56 bits per heavy atom. The highest BCUT2D eigenvalue weighted by molar-refractivity contribution is 5.95. The molecule has 1 atom stereocenters. The number of hydrogen-bond acceptors (Lipinski definition) is 4. The largest absolute Gasteiger partial charge is 0.392 e. The lowest BCUT2D eigenvalue weighted by atomic mass is 10.0. The van der Waals surface area contributed by atoms with E-state index in [1.165, 1.54) is 0 Å². The Morgan fingerprint density at radius 1 is 1.36 bits per heavy atom. The Bertz CT molecular complexity index is 829. The van der Waals surface area contributed by atoms with E-state index in [1.807, 2.05) is 39.8 Å². The number of aryl methyl sites for hydroxylation is 1. The number of amides is 1. The summed E-state index contributed by atoms with van der Waals surface area (Å²) >= 11 is 0. The second kappa shape index (κ2) is 7.49. The summed E-state index contributed by atoms with van der Waals surface area (Å²) in [5.74, 6) is -0.254. The van der Waals surface area contributed by atoms with Gasteiger partial charge in [0.15, 0.2) is 0 Å². The molecular formula is C19H24N4O2. The van der Waals surface area contributed by atoms with Crippen LogP contribution in [0.4, 0.5) is 0 Å². The van der Waals surface area contributed by atoms with Gasteiger partial charge in [0.1, 0.15) is 5.69 Å². The van der Waals surface area contributed by atoms with E-state index < -0.39 is 6.10 Å². The summed E-state index contributed by atoms with van der Waals surface area (Å²) in [6.45, 7) is 9.49. The predicted molar refractivity (Wildman–Crippen MR) is 96.3 cm³/mol. The molecule has 2 rings (SSSR count). The molecule has 1 amide bonds. The zero-order valence-corrected chi connectivity index (χ0v) is 15.3. The fraction of sp³-hybridized carbons (Fsp3) is 0.421. The zero-order chi connectivity index (χ0) is 18.7. The summed E-state index contributed by atoms with van der Waals surface area (Å²) in [4.78, 5) is 12.6. The normalized spacial score (nSPS) is 12.1. The number of rotatable bonds is 5. The van der Waals surface area contributed by atoms with Crippen molar-refractivity contribution in [2.24, 2.45) is 0 Å². The molecule has 2 aromatic rings. The van der Waals surface area contributed by atoms with E-state index in [-0.39, 0.29) is 18.5 Å². The van der Waals surface area contributed by atoms with Crippen molar-refractivity contribution in [2.75, 3.05) is 6.54 Å². The first kappa shape index (κ1) is 18.7. The fourth-order valence-corrected chi connectivity index (χ4v) is 2.70. The van der Waals surface area contributed by atoms with E-state index in [0.29, 0.717) is 11.3 Å². The number of aliphatic hydroxyl groups excluding tert-OH is 1. The van der Waals surface area contributed by atoms with Gasteiger partial charge in [0.05, 0.1) is 23.4 Å². The highest BCUT2D eigenvalue weighted by Crippen LogP contribution is 2.28. The van der Waals surface area contributed by atoms with Crippen LogP contribution in [0.15, 0.2) is 18.2 Å². The molecule has 1 unspecified atom stereocenters. The minimum atomic E-state index is -0.611. The summed E-state index contributed by atoms with van der Waals surface area (Å²) < 4.78 is 1.70. The molecule has 2 N–H and O–H groups in total. The van der Waals surface area contributed by atoms with Crippen molar-refractivity contribution in [1.82, 2.24) is 15.1 Å². The molecule has 0 aliphatic heterocycles. The Morgan fingerprint density at radius 2 is 2.04 bits per heavy atom. The van der Waals surface area contributed by atoms with Gasteiger partial charge >= 0.3 is 0 Å². The highest BCUT2D eigenvalue weighted by atomic mass is 16.3. The van der Waals surface area contributed by atoms with Crippen LogP contribution < -0.4 is 5.32 Å². The Hall–Kier alpha value is -2.65. The number of hydrogen-bond donors (Lipinski definition) is 2. The lowest BCUT2D eigenvalue weighted by molar-refractivity contribution is 0.0911. The van der Waals surface area contributed by atoms with Crippen LogP contribution in [0, 0.1) is 25.2 Å². The summed E-state index contributed by atoms with van der Waals surface area (Å²) in [7, 11) is 0. The molecule has 0 radical (unpaired) electrons. The Kier molecular flexibility index (Phi) is 5.60. The second-order valence-electron chi connectivity index (χ2n) is 6.56. The zero-order valence-electron chi connectivity index (χ0n) is 15.3. The standard InChI is InChI=1S/C19H24N4O2/c1-11(2)23-18(19(25)21-10-13(4)24)14(5)17(22-23)15-6-7-16(9-20)12(3)8-15/h6-8,11,13,24H,10H2,1-5H3,(H,21,25). The third-order valence-electron chi connectivity index (χ3n) is 4.03. The molecule has 0 saturated carbocycles. The van der Waals surface area contributed by atoms with E-state index in [4.69, 9.17) is 5.26 Å². The first-order chi connectivity index (χ1) is 11.8. The summed E-state index contributed by atoms with van der Waals surface area (Å²) in [5.41, 5.74) is 4.37. The molecule has 0 fully saturated rings. The second-order valence-corrected chi connectivity index (χ2v) is 6.56. The van der Waals surface area contributed by atoms with Gasteiger partial charge < -0.3 is 10.4 Å². The van der Waals surface area contributed by atoms with Crippen LogP contribution in [0.2, 0.25) is 0 Å². The van der Waals surface area contributed by atoms with Crippen molar-refractivity contribution in [2.45, 2.75) is 46.8 Å². The van der Waals surface area contributed by atoms with Crippen LogP contribution in [0.25, 0.3) is 11.3 Å². The van der Waals surface area contributed by atoms with E-state index in [0.717, 1.165) is 22.4 Å². The average molecular weight is 340 g/mol. The predicted octanol–water partition coefficient (Wildman–Crippen LogP) is 2.73. The molecule has 0 aliphatic carbocycles. The van der Waals surface area contributed by atoms with Gasteiger partial charge in [0.25, 0.3) is 5.91 Å². The Labute approximate surface area is 148 Å². The molecule has 1 aromatic heterocycles. The molecule has 6 nitrogen and oxygen atoms in total. The highest BCUT2D eigenvalue weighted by Gasteiger charge is 2.23. The van der Waals surface area contributed by atoms with Crippen molar-refractivity contribution in [3.05, 3.63) is 40.6 Å². The van der Waals surface area contributed by atoms with Gasteiger partial charge in [-0.25, -0.2) is 0 Å². The smallest absolute Gasteiger partial charge is 0.269 e. The number of nitriles is 1. The SMILES string of the molecule is Cc1cc(-c2nn(C(C)C)c(C(=O)NCC(C)O)c2C)ccc1C#N. The molecular weight excluding hydrogens is 316 g/mol. The number of carbonyl (C=O) groups excluding carboxylic acids is 1. The third-order valence-corrected chi connectivity index (χ3v) is 4.03. The monoisotopic (exact) mass is 340 g/mol. The van der Waals surface area contributed by atoms with Crippen molar-refractivity contribution in [1.29, 1.82) is 5.26 Å². The van der Waals surface area contributed by atoms with E-state index in [9.17, 15) is 9.90 Å². The number of aromatic nitrogens is 2. The molecule has 132 valence electrons. The number of carbonyl (C=O) groups is 1. The van der Waals surface area contributed by atoms with E-state index >= 15 is 0 Å². The topological polar surface area (TPSA) is 90.9 Å². The molecule has 0 aliphatic rings. The molecule has 25 heavy (non-hydrogen) atoms. The van der Waals surface area contributed by atoms with E-state index in [2.05, 4.69) is 16.5 Å². The number of nitrogens with zero attached hydrogens (tertiary/aromatic N) is 3. The Balaban J connectivity index is 2.51. The van der Waals surface area contributed by atoms with Crippen molar-refractivity contribution in [3.8, 4) is 17.3 Å². The quantitative estimate of drug-likeness (QED) is 0.875. The molecule has 1 heterocycles. The van der Waals surface area contributed by atoms with Crippen LogP contribution in [0.3, 0.4) is 0 Å². The fourth-order valence-electron chi connectivity index (χ4n) is 2.70. The first-order valence-corrected chi connectivity index (χ1v) is 8.32. The summed E-state index contributed by atoms with van der Waals surface area (Å²) in [6.07, 6.45) is -0.611. The lowest BCUT2D eigenvalue weighted by Crippen LogP contribution is -2.32. The van der Waals surface area contributed by atoms with Crippen LogP contribution in [0.1, 0.15) is 54.0 Å². The summed E-state index contributed by atoms with van der Waals surface area (Å²) in [6, 6.07) is 7.70. The van der Waals surface area contributed by atoms with Gasteiger partial charge in [-0.2, -0.15) is 10.4 Å². The molecule has 0 bridgehead atoms. The van der Waals surface area contributed by atoms with Crippen LogP contribution in [0.5, 0.6) is 0 Å². The van der Waals surface area contributed by atoms with E-state index in [1.54, 1.807) is 17.7 Å². The number of benzene rings is 1. The summed E-state index contributed by atoms with van der Waals surface area (Å²) in [5, 5.41) is 25.9. The van der Waals surface area contributed by atoms with Crippen LogP contribution >= 0.6 is 0 Å². The molecule has 0 saturated heterocycles. The third kappa shape index (κ3) is 3.89. The minimum absolute atomic E-state index is 0.0132. The van der Waals surface area contributed by atoms with Crippen molar-refractivity contribution < 1.29 is 9.90 Å². The molecule has 6 heteroatoms. The minimum Gasteiger partial charge on any atom is -0.392 e. The van der Waals surface area contributed by atoms with Crippen LogP contribution in [-0.2, 0) is 0 Å². The average Bonchev–Trinajstić information content (AvgIpc) is 2.90.